The van der Waals surface area contributed by atoms with Gasteiger partial charge in [0.05, 0.1) is 16.7 Å². The molecule has 1 aliphatic carbocycles. The number of likely N-dealkylation sites (N-methyl/N-ethyl adjacent to an activating group) is 1. The zero-order valence-electron chi connectivity index (χ0n) is 17.7. The Balaban J connectivity index is 1.57. The third-order valence-corrected chi connectivity index (χ3v) is 6.77. The van der Waals surface area contributed by atoms with Crippen LogP contribution in [0.25, 0.3) is 0 Å². The van der Waals surface area contributed by atoms with Crippen LogP contribution in [-0.4, -0.2) is 71.1 Å². The summed E-state index contributed by atoms with van der Waals surface area (Å²) in [7, 11) is 1.61. The number of benzene rings is 1. The topological polar surface area (TPSA) is 96.0 Å². The van der Waals surface area contributed by atoms with Crippen molar-refractivity contribution in [3.63, 3.8) is 0 Å². The van der Waals surface area contributed by atoms with Gasteiger partial charge >= 0.3 is 0 Å². The number of halogens is 2. The van der Waals surface area contributed by atoms with Gasteiger partial charge in [-0.1, -0.05) is 23.7 Å². The molecule has 1 saturated heterocycles. The molecule has 1 unspecified atom stereocenters. The number of ether oxygens (including phenoxy) is 1. The average Bonchev–Trinajstić information content (AvgIpc) is 2.74. The quantitative estimate of drug-likeness (QED) is 0.400. The van der Waals surface area contributed by atoms with Gasteiger partial charge in [0.15, 0.2) is 6.04 Å². The van der Waals surface area contributed by atoms with E-state index in [1.807, 2.05) is 6.92 Å². The predicted octanol–water partition coefficient (Wildman–Crippen LogP) is 1.21. The largest absolute Gasteiger partial charge is 0.381 e. The van der Waals surface area contributed by atoms with Crippen molar-refractivity contribution in [1.82, 2.24) is 15.1 Å². The first kappa shape index (κ1) is 22.4. The molecule has 1 N–H and O–H groups in total. The van der Waals surface area contributed by atoms with Gasteiger partial charge in [0.25, 0.3) is 11.8 Å². The van der Waals surface area contributed by atoms with E-state index in [4.69, 9.17) is 16.3 Å². The molecular formula is C22H23ClFN3O5. The van der Waals surface area contributed by atoms with E-state index in [-0.39, 0.29) is 28.8 Å². The number of ketones is 2. The van der Waals surface area contributed by atoms with E-state index < -0.39 is 40.8 Å². The number of carbonyl (C=O) groups is 4. The first-order valence-corrected chi connectivity index (χ1v) is 10.7. The average molecular weight is 464 g/mol. The fraction of sp³-hybridized carbons (Fsp3) is 0.455. The number of piperazine rings is 1. The van der Waals surface area contributed by atoms with Gasteiger partial charge in [-0.05, 0) is 25.8 Å². The minimum absolute atomic E-state index is 0.00913. The summed E-state index contributed by atoms with van der Waals surface area (Å²) in [5, 5.41) is 2.37. The van der Waals surface area contributed by atoms with Gasteiger partial charge in [0, 0.05) is 38.5 Å². The maximum absolute atomic E-state index is 14.1. The molecule has 0 radical (unpaired) electrons. The molecule has 32 heavy (non-hydrogen) atoms. The first-order valence-electron chi connectivity index (χ1n) is 10.3. The van der Waals surface area contributed by atoms with E-state index in [1.165, 1.54) is 29.3 Å². The fourth-order valence-electron chi connectivity index (χ4n) is 4.82. The summed E-state index contributed by atoms with van der Waals surface area (Å²) in [6, 6.07) is 3.10. The Hall–Kier alpha value is -2.78. The lowest BCUT2D eigenvalue weighted by Gasteiger charge is -2.59. The van der Waals surface area contributed by atoms with Crippen LogP contribution in [0.15, 0.2) is 30.0 Å². The van der Waals surface area contributed by atoms with Crippen LogP contribution >= 0.6 is 11.6 Å². The van der Waals surface area contributed by atoms with Crippen LogP contribution in [0, 0.1) is 5.82 Å². The molecule has 10 heteroatoms. The second-order valence-electron chi connectivity index (χ2n) is 8.28. The Labute approximate surface area is 189 Å². The lowest BCUT2D eigenvalue weighted by Crippen LogP contribution is -2.75. The molecule has 3 aliphatic rings. The number of nitrogens with zero attached hydrogens (tertiary/aromatic N) is 2. The van der Waals surface area contributed by atoms with Crippen LogP contribution in [0.1, 0.15) is 25.3 Å². The Morgan fingerprint density at radius 3 is 2.69 bits per heavy atom. The Kier molecular flexibility index (Phi) is 5.81. The first-order chi connectivity index (χ1) is 15.2. The summed E-state index contributed by atoms with van der Waals surface area (Å²) >= 11 is 5.75. The maximum atomic E-state index is 14.1. The van der Waals surface area contributed by atoms with Crippen molar-refractivity contribution in [1.29, 1.82) is 0 Å². The van der Waals surface area contributed by atoms with Gasteiger partial charge < -0.3 is 19.9 Å². The second-order valence-corrected chi connectivity index (χ2v) is 8.69. The van der Waals surface area contributed by atoms with E-state index in [2.05, 4.69) is 5.32 Å². The van der Waals surface area contributed by atoms with Crippen molar-refractivity contribution in [3.8, 4) is 0 Å². The zero-order chi connectivity index (χ0) is 23.2. The monoisotopic (exact) mass is 463 g/mol. The number of hydrogen-bond donors (Lipinski definition) is 1. The molecule has 8 nitrogen and oxygen atoms in total. The molecular weight excluding hydrogens is 441 g/mol. The van der Waals surface area contributed by atoms with Crippen molar-refractivity contribution in [2.45, 2.75) is 44.0 Å². The summed E-state index contributed by atoms with van der Waals surface area (Å²) in [6.07, 6.45) is 2.51. The van der Waals surface area contributed by atoms with Gasteiger partial charge in [-0.2, -0.15) is 0 Å². The summed E-state index contributed by atoms with van der Waals surface area (Å²) in [4.78, 5) is 54.4. The Morgan fingerprint density at radius 1 is 1.31 bits per heavy atom. The van der Waals surface area contributed by atoms with Gasteiger partial charge in [0.2, 0.25) is 11.6 Å². The van der Waals surface area contributed by atoms with Crippen molar-refractivity contribution < 1.29 is 28.3 Å². The predicted molar refractivity (Wildman–Crippen MR) is 112 cm³/mol. The normalized spacial score (nSPS) is 27.2. The van der Waals surface area contributed by atoms with Gasteiger partial charge in [0.1, 0.15) is 11.4 Å². The minimum Gasteiger partial charge on any atom is -0.381 e. The van der Waals surface area contributed by atoms with Crippen molar-refractivity contribution in [3.05, 3.63) is 46.4 Å². The van der Waals surface area contributed by atoms with Crippen molar-refractivity contribution >= 4 is 35.0 Å². The van der Waals surface area contributed by atoms with Crippen LogP contribution in [-0.2, 0) is 30.5 Å². The Bertz CT molecular complexity index is 1040. The number of methoxy groups -OCH3 is 1. The van der Waals surface area contributed by atoms with E-state index in [1.54, 1.807) is 12.0 Å². The number of rotatable bonds is 5. The molecule has 0 bridgehead atoms. The van der Waals surface area contributed by atoms with E-state index in [9.17, 15) is 23.6 Å². The molecule has 2 heterocycles. The molecule has 1 spiro atoms. The number of fused-ring (bicyclic) bond motifs is 1. The SMILES string of the molecule is CCN1C(=O)C2C(=O)C(=O)C(C(=O)NCc3cccc(Cl)c3F)=CN2CC12CC(OC)C2. The molecule has 1 aromatic rings. The highest BCUT2D eigenvalue weighted by atomic mass is 35.5. The number of Topliss-reactive ketones (excluding diaryl/α,β-unsaturated/α-hetero) is 2. The molecule has 1 aromatic carbocycles. The van der Waals surface area contributed by atoms with Crippen molar-refractivity contribution in [2.75, 3.05) is 20.2 Å². The smallest absolute Gasteiger partial charge is 0.257 e. The number of carbonyl (C=O) groups excluding carboxylic acids is 4. The van der Waals surface area contributed by atoms with Gasteiger partial charge in [-0.25, -0.2) is 4.39 Å². The zero-order valence-corrected chi connectivity index (χ0v) is 18.4. The number of hydrogen-bond acceptors (Lipinski definition) is 6. The molecule has 2 aliphatic heterocycles. The Morgan fingerprint density at radius 2 is 2.03 bits per heavy atom. The third kappa shape index (κ3) is 3.49. The summed E-state index contributed by atoms with van der Waals surface area (Å²) in [5.74, 6) is -3.89. The lowest BCUT2D eigenvalue weighted by molar-refractivity contribution is -0.173. The van der Waals surface area contributed by atoms with Gasteiger partial charge in [-0.15, -0.1) is 0 Å². The number of nitrogens with one attached hydrogen (secondary N) is 1. The highest BCUT2D eigenvalue weighted by Crippen LogP contribution is 2.44. The van der Waals surface area contributed by atoms with Crippen LogP contribution in [0.4, 0.5) is 4.39 Å². The van der Waals surface area contributed by atoms with E-state index in [0.717, 1.165) is 0 Å². The molecule has 170 valence electrons. The molecule has 2 amide bonds. The summed E-state index contributed by atoms with van der Waals surface area (Å²) in [5.41, 5.74) is -0.736. The molecule has 1 atom stereocenters. The second kappa shape index (κ2) is 8.29. The molecule has 2 fully saturated rings. The van der Waals surface area contributed by atoms with Crippen LogP contribution in [0.5, 0.6) is 0 Å². The number of amides is 2. The molecule has 1 saturated carbocycles. The third-order valence-electron chi connectivity index (χ3n) is 6.47. The summed E-state index contributed by atoms with van der Waals surface area (Å²) in [6.45, 7) is 2.34. The highest BCUT2D eigenvalue weighted by molar-refractivity contribution is 6.54. The van der Waals surface area contributed by atoms with Crippen LogP contribution < -0.4 is 5.32 Å². The standard InChI is InChI=1S/C22H23ClFN3O5/c1-3-27-21(31)17-19(29)18(28)14(10-26(17)11-22(27)7-13(8-22)32-2)20(30)25-9-12-5-4-6-15(23)16(12)24/h4-6,10,13,17H,3,7-9,11H2,1-2H3,(H,25,30). The fourth-order valence-corrected chi connectivity index (χ4v) is 5.01. The van der Waals surface area contributed by atoms with Crippen molar-refractivity contribution in [2.24, 2.45) is 0 Å². The minimum atomic E-state index is -1.27. The van der Waals surface area contributed by atoms with E-state index >= 15 is 0 Å². The van der Waals surface area contributed by atoms with Crippen LogP contribution in [0.3, 0.4) is 0 Å². The van der Waals surface area contributed by atoms with Crippen LogP contribution in [0.2, 0.25) is 5.02 Å². The lowest BCUT2D eigenvalue weighted by atomic mass is 9.70. The van der Waals surface area contributed by atoms with E-state index in [0.29, 0.717) is 25.9 Å². The van der Waals surface area contributed by atoms with Gasteiger partial charge in [-0.3, -0.25) is 19.2 Å². The molecule has 4 rings (SSSR count). The summed E-state index contributed by atoms with van der Waals surface area (Å²) < 4.78 is 19.5. The highest BCUT2D eigenvalue weighted by Gasteiger charge is 2.59. The molecule has 0 aromatic heterocycles. The maximum Gasteiger partial charge on any atom is 0.257 e.